The number of hydrogen-bond donors (Lipinski definition) is 1. The Morgan fingerprint density at radius 1 is 0.889 bits per heavy atom. The van der Waals surface area contributed by atoms with Crippen LogP contribution in [-0.4, -0.2) is 0 Å². The van der Waals surface area contributed by atoms with Crippen LogP contribution >= 0.6 is 0 Å². The monoisotopic (exact) mass is 237 g/mol. The Bertz CT molecular complexity index is 530. The molecule has 0 heterocycles. The Kier molecular flexibility index (Phi) is 3.35. The zero-order chi connectivity index (χ0) is 13.2. The fourth-order valence-electron chi connectivity index (χ4n) is 1.91. The smallest absolute Gasteiger partial charge is 0.0352 e. The second-order valence-electron chi connectivity index (χ2n) is 5.14. The van der Waals surface area contributed by atoms with E-state index in [0.717, 1.165) is 22.3 Å². The predicted molar refractivity (Wildman–Crippen MR) is 78.2 cm³/mol. The summed E-state index contributed by atoms with van der Waals surface area (Å²) in [6.07, 6.45) is 0. The maximum atomic E-state index is 6.07. The summed E-state index contributed by atoms with van der Waals surface area (Å²) >= 11 is 0. The molecule has 0 bridgehead atoms. The van der Waals surface area contributed by atoms with Gasteiger partial charge in [-0.15, -0.1) is 0 Å². The third-order valence-electron chi connectivity index (χ3n) is 3.10. The van der Waals surface area contributed by atoms with E-state index in [1.54, 1.807) is 0 Å². The van der Waals surface area contributed by atoms with Crippen LogP contribution in [0.15, 0.2) is 61.2 Å². The summed E-state index contributed by atoms with van der Waals surface area (Å²) in [5.41, 5.74) is 10.2. The summed E-state index contributed by atoms with van der Waals surface area (Å²) in [6, 6.07) is 18.5. The number of rotatable bonds is 3. The van der Waals surface area contributed by atoms with Crippen molar-refractivity contribution in [2.75, 3.05) is 0 Å². The lowest BCUT2D eigenvalue weighted by Crippen LogP contribution is -2.28. The molecule has 0 radical (unpaired) electrons. The summed E-state index contributed by atoms with van der Waals surface area (Å²) in [7, 11) is 0. The Labute approximate surface area is 109 Å². The van der Waals surface area contributed by atoms with Gasteiger partial charge in [-0.2, -0.15) is 0 Å². The zero-order valence-electron chi connectivity index (χ0n) is 11.0. The van der Waals surface area contributed by atoms with Crippen molar-refractivity contribution in [3.05, 3.63) is 77.9 Å². The van der Waals surface area contributed by atoms with E-state index in [1.165, 1.54) is 0 Å². The Hall–Kier alpha value is -1.86. The van der Waals surface area contributed by atoms with Gasteiger partial charge in [0.05, 0.1) is 0 Å². The molecule has 92 valence electrons. The molecule has 0 saturated carbocycles. The van der Waals surface area contributed by atoms with Crippen molar-refractivity contribution in [1.82, 2.24) is 0 Å². The zero-order valence-corrected chi connectivity index (χ0v) is 11.0. The van der Waals surface area contributed by atoms with Gasteiger partial charge in [-0.05, 0) is 36.1 Å². The van der Waals surface area contributed by atoms with Crippen LogP contribution in [0.4, 0.5) is 0 Å². The topological polar surface area (TPSA) is 26.0 Å². The lowest BCUT2D eigenvalue weighted by Gasteiger charge is -2.19. The molecule has 2 aromatic rings. The van der Waals surface area contributed by atoms with Gasteiger partial charge in [0.25, 0.3) is 0 Å². The van der Waals surface area contributed by atoms with Crippen LogP contribution in [0.1, 0.15) is 30.5 Å². The molecule has 1 nitrogen and oxygen atoms in total. The van der Waals surface area contributed by atoms with Gasteiger partial charge in [0.1, 0.15) is 0 Å². The Morgan fingerprint density at radius 3 is 1.89 bits per heavy atom. The van der Waals surface area contributed by atoms with Crippen LogP contribution in [0.2, 0.25) is 0 Å². The summed E-state index contributed by atoms with van der Waals surface area (Å²) in [6.45, 7) is 8.17. The van der Waals surface area contributed by atoms with Crippen LogP contribution < -0.4 is 5.73 Å². The Balaban J connectivity index is 2.28. The molecular formula is C17H19N. The van der Waals surface area contributed by atoms with Crippen molar-refractivity contribution in [2.24, 2.45) is 5.73 Å². The van der Waals surface area contributed by atoms with Gasteiger partial charge in [-0.25, -0.2) is 0 Å². The van der Waals surface area contributed by atoms with Crippen LogP contribution in [0.25, 0.3) is 5.57 Å². The molecule has 0 unspecified atom stereocenters. The fourth-order valence-corrected chi connectivity index (χ4v) is 1.91. The lowest BCUT2D eigenvalue weighted by atomic mass is 9.92. The number of benzene rings is 2. The second-order valence-corrected chi connectivity index (χ2v) is 5.14. The minimum Gasteiger partial charge on any atom is -0.322 e. The van der Waals surface area contributed by atoms with E-state index in [2.05, 4.69) is 43.0 Å². The molecule has 0 saturated heterocycles. The van der Waals surface area contributed by atoms with E-state index in [0.29, 0.717) is 0 Å². The predicted octanol–water partition coefficient (Wildman–Crippen LogP) is 3.94. The molecule has 1 heteroatoms. The van der Waals surface area contributed by atoms with E-state index in [4.69, 9.17) is 5.73 Å². The molecule has 0 spiro atoms. The summed E-state index contributed by atoms with van der Waals surface area (Å²) in [5, 5.41) is 0. The highest BCUT2D eigenvalue weighted by atomic mass is 14.7. The molecule has 0 aliphatic carbocycles. The van der Waals surface area contributed by atoms with Crippen LogP contribution in [0, 0.1) is 0 Å². The number of nitrogens with two attached hydrogens (primary N) is 1. The molecule has 0 fully saturated rings. The van der Waals surface area contributed by atoms with Crippen molar-refractivity contribution in [2.45, 2.75) is 19.4 Å². The molecule has 2 rings (SSSR count). The van der Waals surface area contributed by atoms with Crippen molar-refractivity contribution in [3.63, 3.8) is 0 Å². The molecule has 0 aromatic heterocycles. The van der Waals surface area contributed by atoms with Crippen LogP contribution in [-0.2, 0) is 5.54 Å². The first-order valence-electron chi connectivity index (χ1n) is 6.12. The molecule has 18 heavy (non-hydrogen) atoms. The molecule has 0 aliphatic rings. The maximum absolute atomic E-state index is 6.07. The van der Waals surface area contributed by atoms with E-state index >= 15 is 0 Å². The highest BCUT2D eigenvalue weighted by Crippen LogP contribution is 2.24. The standard InChI is InChI=1S/C17H19N/c1-13(14-7-5-4-6-8-14)15-9-11-16(12-10-15)17(2,3)18/h4-12H,1,18H2,2-3H3. The molecular weight excluding hydrogens is 218 g/mol. The van der Waals surface area contributed by atoms with Crippen LogP contribution in [0.5, 0.6) is 0 Å². The van der Waals surface area contributed by atoms with Gasteiger partial charge in [0.2, 0.25) is 0 Å². The first-order valence-corrected chi connectivity index (χ1v) is 6.12. The SMILES string of the molecule is C=C(c1ccccc1)c1ccc(C(C)(C)N)cc1. The fraction of sp³-hybridized carbons (Fsp3) is 0.176. The van der Waals surface area contributed by atoms with Gasteiger partial charge >= 0.3 is 0 Å². The van der Waals surface area contributed by atoms with Gasteiger partial charge in [-0.1, -0.05) is 61.2 Å². The van der Waals surface area contributed by atoms with E-state index in [-0.39, 0.29) is 5.54 Å². The average molecular weight is 237 g/mol. The van der Waals surface area contributed by atoms with Crippen molar-refractivity contribution in [3.8, 4) is 0 Å². The summed E-state index contributed by atoms with van der Waals surface area (Å²) in [5.74, 6) is 0. The number of hydrogen-bond acceptors (Lipinski definition) is 1. The minimum atomic E-state index is -0.299. The molecule has 0 aliphatic heterocycles. The normalized spacial score (nSPS) is 11.3. The highest BCUT2D eigenvalue weighted by Gasteiger charge is 2.13. The molecule has 0 atom stereocenters. The van der Waals surface area contributed by atoms with Crippen molar-refractivity contribution >= 4 is 5.57 Å². The molecule has 2 N–H and O–H groups in total. The third-order valence-corrected chi connectivity index (χ3v) is 3.10. The quantitative estimate of drug-likeness (QED) is 0.859. The average Bonchev–Trinajstić information content (AvgIpc) is 2.38. The van der Waals surface area contributed by atoms with Crippen molar-refractivity contribution < 1.29 is 0 Å². The third kappa shape index (κ3) is 2.69. The molecule has 0 amide bonds. The molecule has 2 aromatic carbocycles. The van der Waals surface area contributed by atoms with Crippen LogP contribution in [0.3, 0.4) is 0 Å². The van der Waals surface area contributed by atoms with E-state index < -0.39 is 0 Å². The highest BCUT2D eigenvalue weighted by molar-refractivity contribution is 5.78. The lowest BCUT2D eigenvalue weighted by molar-refractivity contribution is 0.554. The summed E-state index contributed by atoms with van der Waals surface area (Å²) < 4.78 is 0. The van der Waals surface area contributed by atoms with Gasteiger partial charge < -0.3 is 5.73 Å². The van der Waals surface area contributed by atoms with Gasteiger partial charge in [0, 0.05) is 5.54 Å². The van der Waals surface area contributed by atoms with Gasteiger partial charge in [-0.3, -0.25) is 0 Å². The Morgan fingerprint density at radius 2 is 1.39 bits per heavy atom. The minimum absolute atomic E-state index is 0.299. The largest absolute Gasteiger partial charge is 0.322 e. The van der Waals surface area contributed by atoms with Crippen molar-refractivity contribution in [1.29, 1.82) is 0 Å². The first-order chi connectivity index (χ1) is 8.48. The van der Waals surface area contributed by atoms with E-state index in [9.17, 15) is 0 Å². The second kappa shape index (κ2) is 4.79. The maximum Gasteiger partial charge on any atom is 0.0352 e. The summed E-state index contributed by atoms with van der Waals surface area (Å²) in [4.78, 5) is 0. The van der Waals surface area contributed by atoms with Gasteiger partial charge in [0.15, 0.2) is 0 Å². The van der Waals surface area contributed by atoms with E-state index in [1.807, 2.05) is 32.0 Å². The first kappa shape index (κ1) is 12.6.